The lowest BCUT2D eigenvalue weighted by atomic mass is 10.2. The highest BCUT2D eigenvalue weighted by Gasteiger charge is 2.02. The molecule has 2 aromatic rings. The molecule has 0 spiro atoms. The van der Waals surface area contributed by atoms with Gasteiger partial charge < -0.3 is 0 Å². The normalized spacial score (nSPS) is 11.1. The van der Waals surface area contributed by atoms with Gasteiger partial charge in [-0.1, -0.05) is 25.1 Å². The van der Waals surface area contributed by atoms with Crippen molar-refractivity contribution in [2.75, 3.05) is 5.43 Å². The number of rotatable bonds is 4. The molecule has 94 valence electrons. The van der Waals surface area contributed by atoms with Gasteiger partial charge in [-0.15, -0.1) is 11.3 Å². The first-order valence-corrected chi connectivity index (χ1v) is 7.44. The van der Waals surface area contributed by atoms with Crippen LogP contribution >= 0.6 is 27.3 Å². The Bertz CT molecular complexity index is 561. The lowest BCUT2D eigenvalue weighted by Gasteiger charge is -2.02. The van der Waals surface area contributed by atoms with Crippen LogP contribution in [-0.2, 0) is 6.42 Å². The zero-order valence-electron chi connectivity index (χ0n) is 10.4. The van der Waals surface area contributed by atoms with Crippen LogP contribution in [0.1, 0.15) is 22.2 Å². The number of para-hydroxylation sites is 1. The Morgan fingerprint density at radius 3 is 2.83 bits per heavy atom. The summed E-state index contributed by atoms with van der Waals surface area (Å²) in [6.45, 7) is 4.22. The van der Waals surface area contributed by atoms with Crippen molar-refractivity contribution in [1.82, 2.24) is 0 Å². The number of nitrogens with zero attached hydrogens (tertiary/aromatic N) is 1. The van der Waals surface area contributed by atoms with Crippen LogP contribution < -0.4 is 5.43 Å². The van der Waals surface area contributed by atoms with E-state index in [1.807, 2.05) is 24.4 Å². The van der Waals surface area contributed by atoms with E-state index in [0.29, 0.717) is 0 Å². The predicted octanol–water partition coefficient (Wildman–Crippen LogP) is 4.83. The van der Waals surface area contributed by atoms with Crippen molar-refractivity contribution in [3.05, 3.63) is 50.1 Å². The Morgan fingerprint density at radius 2 is 2.17 bits per heavy atom. The molecular weight excluding hydrogens is 308 g/mol. The van der Waals surface area contributed by atoms with E-state index in [9.17, 15) is 0 Å². The highest BCUT2D eigenvalue weighted by Crippen LogP contribution is 2.26. The molecule has 0 aliphatic heterocycles. The van der Waals surface area contributed by atoms with Gasteiger partial charge in [0.1, 0.15) is 0 Å². The molecule has 1 N–H and O–H groups in total. The van der Waals surface area contributed by atoms with Gasteiger partial charge in [0.15, 0.2) is 0 Å². The molecule has 0 bridgehead atoms. The fraction of sp³-hybridized carbons (Fsp3) is 0.214. The summed E-state index contributed by atoms with van der Waals surface area (Å²) in [6.07, 6.45) is 2.91. The Morgan fingerprint density at radius 1 is 1.39 bits per heavy atom. The molecule has 18 heavy (non-hydrogen) atoms. The van der Waals surface area contributed by atoms with Crippen molar-refractivity contribution in [2.24, 2.45) is 5.10 Å². The third kappa shape index (κ3) is 3.21. The molecule has 0 fully saturated rings. The van der Waals surface area contributed by atoms with Gasteiger partial charge in [0.2, 0.25) is 0 Å². The molecule has 1 aromatic carbocycles. The number of benzene rings is 1. The summed E-state index contributed by atoms with van der Waals surface area (Å²) in [5.74, 6) is 0. The summed E-state index contributed by atoms with van der Waals surface area (Å²) < 4.78 is 1.17. The molecule has 0 radical (unpaired) electrons. The number of hydrogen-bond acceptors (Lipinski definition) is 3. The number of aryl methyl sites for hydroxylation is 2. The van der Waals surface area contributed by atoms with Gasteiger partial charge in [0.05, 0.1) is 11.9 Å². The third-order valence-electron chi connectivity index (χ3n) is 2.62. The molecule has 4 heteroatoms. The number of halogens is 1. The number of thiophene rings is 1. The van der Waals surface area contributed by atoms with Gasteiger partial charge in [-0.05, 0) is 47.0 Å². The minimum absolute atomic E-state index is 1.04. The van der Waals surface area contributed by atoms with Crippen LogP contribution in [0.3, 0.4) is 0 Å². The van der Waals surface area contributed by atoms with Crippen molar-refractivity contribution in [2.45, 2.75) is 20.3 Å². The van der Waals surface area contributed by atoms with E-state index in [0.717, 1.165) is 17.0 Å². The van der Waals surface area contributed by atoms with E-state index in [1.54, 1.807) is 11.3 Å². The first-order valence-electron chi connectivity index (χ1n) is 5.83. The predicted molar refractivity (Wildman–Crippen MR) is 83.8 cm³/mol. The van der Waals surface area contributed by atoms with E-state index in [4.69, 9.17) is 0 Å². The number of nitrogens with one attached hydrogen (secondary N) is 1. The maximum absolute atomic E-state index is 4.28. The van der Waals surface area contributed by atoms with Crippen molar-refractivity contribution >= 4 is 39.2 Å². The second kappa shape index (κ2) is 6.16. The van der Waals surface area contributed by atoms with Crippen molar-refractivity contribution in [1.29, 1.82) is 0 Å². The van der Waals surface area contributed by atoms with Gasteiger partial charge >= 0.3 is 0 Å². The number of hydrazone groups is 1. The summed E-state index contributed by atoms with van der Waals surface area (Å²) in [5, 5.41) is 4.28. The van der Waals surface area contributed by atoms with Crippen LogP contribution in [0.15, 0.2) is 39.9 Å². The molecular formula is C14H15BrN2S. The van der Waals surface area contributed by atoms with E-state index in [1.165, 1.54) is 14.9 Å². The van der Waals surface area contributed by atoms with Crippen molar-refractivity contribution in [3.63, 3.8) is 0 Å². The summed E-state index contributed by atoms with van der Waals surface area (Å²) in [6, 6.07) is 10.2. The van der Waals surface area contributed by atoms with Crippen molar-refractivity contribution < 1.29 is 0 Å². The fourth-order valence-electron chi connectivity index (χ4n) is 1.59. The second-order valence-corrected chi connectivity index (χ2v) is 5.98. The van der Waals surface area contributed by atoms with Gasteiger partial charge in [-0.3, -0.25) is 5.43 Å². The molecule has 0 aliphatic rings. The topological polar surface area (TPSA) is 24.4 Å². The first kappa shape index (κ1) is 13.3. The van der Waals surface area contributed by atoms with E-state index >= 15 is 0 Å². The smallest absolute Gasteiger partial charge is 0.0645 e. The average Bonchev–Trinajstić information content (AvgIpc) is 2.72. The molecule has 2 rings (SSSR count). The van der Waals surface area contributed by atoms with Gasteiger partial charge in [-0.2, -0.15) is 5.10 Å². The largest absolute Gasteiger partial charge is 0.278 e. The monoisotopic (exact) mass is 322 g/mol. The van der Waals surface area contributed by atoms with Gasteiger partial charge in [-0.25, -0.2) is 0 Å². The Hall–Kier alpha value is -1.13. The molecule has 0 amide bonds. The van der Waals surface area contributed by atoms with Crippen LogP contribution in [0, 0.1) is 6.92 Å². The Labute approximate surface area is 120 Å². The van der Waals surface area contributed by atoms with E-state index < -0.39 is 0 Å². The lowest BCUT2D eigenvalue weighted by Crippen LogP contribution is -1.91. The van der Waals surface area contributed by atoms with Gasteiger partial charge in [0.25, 0.3) is 0 Å². The minimum atomic E-state index is 1.04. The Balaban J connectivity index is 2.05. The SMILES string of the molecule is CCc1sc(/C=N/Nc2ccccc2C)cc1Br. The first-order chi connectivity index (χ1) is 8.70. The molecule has 1 heterocycles. The lowest BCUT2D eigenvalue weighted by molar-refractivity contribution is 1.18. The number of hydrogen-bond donors (Lipinski definition) is 1. The highest BCUT2D eigenvalue weighted by molar-refractivity contribution is 9.10. The molecule has 0 saturated heterocycles. The average molecular weight is 323 g/mol. The van der Waals surface area contributed by atoms with Crippen LogP contribution in [0.2, 0.25) is 0 Å². The highest BCUT2D eigenvalue weighted by atomic mass is 79.9. The fourth-order valence-corrected chi connectivity index (χ4v) is 3.38. The standard InChI is InChI=1S/C14H15BrN2S/c1-3-14-12(15)8-11(18-14)9-16-17-13-7-5-4-6-10(13)2/h4-9,17H,3H2,1-2H3/b16-9+. The second-order valence-electron chi connectivity index (χ2n) is 3.96. The van der Waals surface area contributed by atoms with E-state index in [-0.39, 0.29) is 0 Å². The van der Waals surface area contributed by atoms with Crippen molar-refractivity contribution in [3.8, 4) is 0 Å². The van der Waals surface area contributed by atoms with Crippen LogP contribution in [0.5, 0.6) is 0 Å². The molecule has 1 aromatic heterocycles. The van der Waals surface area contributed by atoms with Crippen LogP contribution in [0.25, 0.3) is 0 Å². The molecule has 0 saturated carbocycles. The van der Waals surface area contributed by atoms with E-state index in [2.05, 4.69) is 52.4 Å². The molecule has 2 nitrogen and oxygen atoms in total. The summed E-state index contributed by atoms with van der Waals surface area (Å²) in [4.78, 5) is 2.51. The van der Waals surface area contributed by atoms with Gasteiger partial charge in [0, 0.05) is 14.2 Å². The molecule has 0 atom stereocenters. The summed E-state index contributed by atoms with van der Waals surface area (Å²) >= 11 is 5.32. The molecule has 0 unspecified atom stereocenters. The summed E-state index contributed by atoms with van der Waals surface area (Å²) in [7, 11) is 0. The maximum atomic E-state index is 4.28. The zero-order valence-corrected chi connectivity index (χ0v) is 12.8. The molecule has 0 aliphatic carbocycles. The number of anilines is 1. The third-order valence-corrected chi connectivity index (χ3v) is 4.80. The quantitative estimate of drug-likeness (QED) is 0.633. The minimum Gasteiger partial charge on any atom is -0.278 e. The Kier molecular flexibility index (Phi) is 4.55. The van der Waals surface area contributed by atoms with Crippen LogP contribution in [-0.4, -0.2) is 6.21 Å². The van der Waals surface area contributed by atoms with Crippen LogP contribution in [0.4, 0.5) is 5.69 Å². The maximum Gasteiger partial charge on any atom is 0.0645 e. The summed E-state index contributed by atoms with van der Waals surface area (Å²) in [5.41, 5.74) is 5.30. The zero-order chi connectivity index (χ0) is 13.0.